The minimum Gasteiger partial charge on any atom is -0.355 e. The van der Waals surface area contributed by atoms with Crippen molar-refractivity contribution in [1.29, 1.82) is 0 Å². The lowest BCUT2D eigenvalue weighted by Gasteiger charge is -2.20. The summed E-state index contributed by atoms with van der Waals surface area (Å²) >= 11 is 0. The lowest BCUT2D eigenvalue weighted by Crippen LogP contribution is -2.40. The second-order valence-electron chi connectivity index (χ2n) is 4.69. The number of amides is 2. The van der Waals surface area contributed by atoms with Crippen LogP contribution < -0.4 is 11.1 Å². The first-order valence-corrected chi connectivity index (χ1v) is 6.73. The molecule has 0 aliphatic carbocycles. The van der Waals surface area contributed by atoms with Gasteiger partial charge in [0.15, 0.2) is 0 Å². The first kappa shape index (κ1) is 16.9. The van der Waals surface area contributed by atoms with Gasteiger partial charge in [0.25, 0.3) is 0 Å². The summed E-state index contributed by atoms with van der Waals surface area (Å²) in [7, 11) is 0. The van der Waals surface area contributed by atoms with Crippen molar-refractivity contribution >= 4 is 11.8 Å². The van der Waals surface area contributed by atoms with E-state index in [4.69, 9.17) is 5.73 Å². The van der Waals surface area contributed by atoms with Crippen molar-refractivity contribution < 1.29 is 9.59 Å². The van der Waals surface area contributed by atoms with E-state index in [0.717, 1.165) is 0 Å². The molecule has 0 saturated carbocycles. The van der Waals surface area contributed by atoms with Gasteiger partial charge in [-0.1, -0.05) is 13.8 Å². The second kappa shape index (κ2) is 8.91. The summed E-state index contributed by atoms with van der Waals surface area (Å²) in [5.74, 6) is 0.0658. The zero-order valence-electron chi connectivity index (χ0n) is 12.0. The summed E-state index contributed by atoms with van der Waals surface area (Å²) in [6, 6.07) is 0. The number of nitrogens with one attached hydrogen (secondary N) is 1. The van der Waals surface area contributed by atoms with E-state index in [-0.39, 0.29) is 23.7 Å². The quantitative estimate of drug-likeness (QED) is 0.668. The van der Waals surface area contributed by atoms with E-state index in [2.05, 4.69) is 5.32 Å². The van der Waals surface area contributed by atoms with Crippen LogP contribution in [-0.4, -0.2) is 42.9 Å². The number of carbonyl (C=O) groups is 2. The first-order valence-electron chi connectivity index (χ1n) is 6.73. The van der Waals surface area contributed by atoms with Gasteiger partial charge in [-0.05, 0) is 19.8 Å². The molecule has 0 saturated heterocycles. The highest BCUT2D eigenvalue weighted by molar-refractivity contribution is 5.80. The van der Waals surface area contributed by atoms with Crippen molar-refractivity contribution in [2.45, 2.75) is 34.1 Å². The van der Waals surface area contributed by atoms with Crippen LogP contribution in [0.25, 0.3) is 0 Å². The van der Waals surface area contributed by atoms with E-state index in [9.17, 15) is 9.59 Å². The van der Waals surface area contributed by atoms with Crippen LogP contribution in [0.3, 0.4) is 0 Å². The maximum atomic E-state index is 11.8. The van der Waals surface area contributed by atoms with E-state index in [1.807, 2.05) is 27.7 Å². The molecule has 106 valence electrons. The molecule has 18 heavy (non-hydrogen) atoms. The normalized spacial score (nSPS) is 12.3. The smallest absolute Gasteiger partial charge is 0.224 e. The summed E-state index contributed by atoms with van der Waals surface area (Å²) in [5.41, 5.74) is 5.56. The Morgan fingerprint density at radius 2 is 1.78 bits per heavy atom. The summed E-state index contributed by atoms with van der Waals surface area (Å²) in [6.07, 6.45) is 0.350. The zero-order valence-corrected chi connectivity index (χ0v) is 12.0. The molecule has 0 aromatic heterocycles. The Balaban J connectivity index is 4.04. The van der Waals surface area contributed by atoms with Gasteiger partial charge in [-0.25, -0.2) is 0 Å². The average Bonchev–Trinajstić information content (AvgIpc) is 2.30. The van der Waals surface area contributed by atoms with Crippen molar-refractivity contribution in [3.05, 3.63) is 0 Å². The van der Waals surface area contributed by atoms with Gasteiger partial charge < -0.3 is 16.0 Å². The fraction of sp³-hybridized carbons (Fsp3) is 0.846. The Bertz CT molecular complexity index is 263. The van der Waals surface area contributed by atoms with Crippen LogP contribution in [-0.2, 0) is 9.59 Å². The fourth-order valence-corrected chi connectivity index (χ4v) is 1.84. The number of nitrogens with two attached hydrogens (primary N) is 1. The van der Waals surface area contributed by atoms with Gasteiger partial charge in [-0.15, -0.1) is 0 Å². The lowest BCUT2D eigenvalue weighted by atomic mass is 9.95. The van der Waals surface area contributed by atoms with Crippen LogP contribution in [0.4, 0.5) is 0 Å². The number of carbonyl (C=O) groups excluding carboxylic acids is 2. The van der Waals surface area contributed by atoms with Gasteiger partial charge in [0, 0.05) is 32.6 Å². The molecule has 0 aromatic carbocycles. The lowest BCUT2D eigenvalue weighted by molar-refractivity contribution is -0.131. The molecule has 1 atom stereocenters. The predicted molar refractivity (Wildman–Crippen MR) is 72.9 cm³/mol. The number of hydrogen-bond acceptors (Lipinski definition) is 3. The molecule has 1 unspecified atom stereocenters. The minimum absolute atomic E-state index is 0.0557. The SMILES string of the molecule is CCN(CC)C(=O)CCNC(=O)C(CN)C(C)C. The second-order valence-corrected chi connectivity index (χ2v) is 4.69. The van der Waals surface area contributed by atoms with Crippen molar-refractivity contribution in [3.63, 3.8) is 0 Å². The summed E-state index contributed by atoms with van der Waals surface area (Å²) in [5, 5.41) is 2.78. The van der Waals surface area contributed by atoms with E-state index in [1.54, 1.807) is 4.90 Å². The summed E-state index contributed by atoms with van der Waals surface area (Å²) < 4.78 is 0. The summed E-state index contributed by atoms with van der Waals surface area (Å²) in [4.78, 5) is 25.3. The van der Waals surface area contributed by atoms with Crippen LogP contribution in [0.5, 0.6) is 0 Å². The van der Waals surface area contributed by atoms with Crippen LogP contribution in [0.2, 0.25) is 0 Å². The molecule has 0 aromatic rings. The maximum Gasteiger partial charge on any atom is 0.224 e. The molecule has 2 amide bonds. The molecule has 0 bridgehead atoms. The average molecular weight is 257 g/mol. The maximum absolute atomic E-state index is 11.8. The molecule has 0 fully saturated rings. The van der Waals surface area contributed by atoms with E-state index >= 15 is 0 Å². The predicted octanol–water partition coefficient (Wildman–Crippen LogP) is 0.592. The Kier molecular flexibility index (Phi) is 8.37. The molecule has 0 aliphatic heterocycles. The zero-order chi connectivity index (χ0) is 14.1. The third-order valence-electron chi connectivity index (χ3n) is 3.15. The largest absolute Gasteiger partial charge is 0.355 e. The van der Waals surface area contributed by atoms with Crippen LogP contribution in [0.1, 0.15) is 34.1 Å². The highest BCUT2D eigenvalue weighted by Gasteiger charge is 2.20. The fourth-order valence-electron chi connectivity index (χ4n) is 1.84. The molecule has 0 spiro atoms. The van der Waals surface area contributed by atoms with Gasteiger partial charge >= 0.3 is 0 Å². The highest BCUT2D eigenvalue weighted by Crippen LogP contribution is 2.08. The molecule has 3 N–H and O–H groups in total. The van der Waals surface area contributed by atoms with Crippen LogP contribution in [0.15, 0.2) is 0 Å². The summed E-state index contributed by atoms with van der Waals surface area (Å²) in [6.45, 7) is 9.98. The Labute approximate surface area is 110 Å². The molecule has 0 rings (SSSR count). The van der Waals surface area contributed by atoms with Crippen molar-refractivity contribution in [1.82, 2.24) is 10.2 Å². The van der Waals surface area contributed by atoms with Crippen molar-refractivity contribution in [2.24, 2.45) is 17.6 Å². The molecule has 0 heterocycles. The third kappa shape index (κ3) is 5.49. The Morgan fingerprint density at radius 3 is 2.17 bits per heavy atom. The molecule has 0 aliphatic rings. The Hall–Kier alpha value is -1.10. The highest BCUT2D eigenvalue weighted by atomic mass is 16.2. The molecule has 0 radical (unpaired) electrons. The van der Waals surface area contributed by atoms with Crippen molar-refractivity contribution in [2.75, 3.05) is 26.2 Å². The number of rotatable bonds is 8. The van der Waals surface area contributed by atoms with E-state index < -0.39 is 0 Å². The number of hydrogen-bond donors (Lipinski definition) is 2. The first-order chi connectivity index (χ1) is 8.47. The monoisotopic (exact) mass is 257 g/mol. The third-order valence-corrected chi connectivity index (χ3v) is 3.15. The number of nitrogens with zero attached hydrogens (tertiary/aromatic N) is 1. The van der Waals surface area contributed by atoms with E-state index in [1.165, 1.54) is 0 Å². The van der Waals surface area contributed by atoms with Gasteiger partial charge in [-0.2, -0.15) is 0 Å². The van der Waals surface area contributed by atoms with Gasteiger partial charge in [0.1, 0.15) is 0 Å². The standard InChI is InChI=1S/C13H27N3O2/c1-5-16(6-2)12(17)7-8-15-13(18)11(9-14)10(3)4/h10-11H,5-9,14H2,1-4H3,(H,15,18). The van der Waals surface area contributed by atoms with Crippen LogP contribution >= 0.6 is 0 Å². The Morgan fingerprint density at radius 1 is 1.22 bits per heavy atom. The van der Waals surface area contributed by atoms with Gasteiger partial charge in [0.05, 0.1) is 5.92 Å². The topological polar surface area (TPSA) is 75.4 Å². The molecular formula is C13H27N3O2. The van der Waals surface area contributed by atoms with E-state index in [0.29, 0.717) is 32.6 Å². The molecular weight excluding hydrogens is 230 g/mol. The molecule has 5 heteroatoms. The van der Waals surface area contributed by atoms with Gasteiger partial charge in [0.2, 0.25) is 11.8 Å². The van der Waals surface area contributed by atoms with Gasteiger partial charge in [-0.3, -0.25) is 9.59 Å². The van der Waals surface area contributed by atoms with Crippen LogP contribution in [0, 0.1) is 11.8 Å². The van der Waals surface area contributed by atoms with Crippen molar-refractivity contribution in [3.8, 4) is 0 Å². The minimum atomic E-state index is -0.173. The molecule has 5 nitrogen and oxygen atoms in total.